The van der Waals surface area contributed by atoms with Gasteiger partial charge in [0.1, 0.15) is 11.2 Å². The van der Waals surface area contributed by atoms with E-state index in [1.165, 1.54) is 0 Å². The molecule has 5 nitrogen and oxygen atoms in total. The van der Waals surface area contributed by atoms with Gasteiger partial charge in [0.15, 0.2) is 0 Å². The molecule has 3 aromatic heterocycles. The molecule has 5 aromatic carbocycles. The van der Waals surface area contributed by atoms with Gasteiger partial charge in [-0.15, -0.1) is 0 Å². The monoisotopic (exact) mass is 620 g/mol. The van der Waals surface area contributed by atoms with Gasteiger partial charge in [0.25, 0.3) is 0 Å². The van der Waals surface area contributed by atoms with Crippen molar-refractivity contribution in [3.05, 3.63) is 158 Å². The summed E-state index contributed by atoms with van der Waals surface area (Å²) in [4.78, 5) is 9.40. The Morgan fingerprint density at radius 3 is 2.15 bits per heavy atom. The molecule has 0 fully saturated rings. The number of nitrogens with zero attached hydrogens (tertiary/aromatic N) is 2. The van der Waals surface area contributed by atoms with Crippen LogP contribution in [-0.2, 0) is 0 Å². The molecule has 0 aliphatic rings. The summed E-state index contributed by atoms with van der Waals surface area (Å²) in [6, 6.07) is 43.6. The van der Waals surface area contributed by atoms with Crippen molar-refractivity contribution in [2.24, 2.45) is 5.73 Å². The van der Waals surface area contributed by atoms with Crippen molar-refractivity contribution in [1.82, 2.24) is 9.97 Å². The number of nitrogen functional groups attached to an aromatic ring is 1. The Labute approximate surface area is 278 Å². The first kappa shape index (κ1) is 29.0. The van der Waals surface area contributed by atoms with Gasteiger partial charge in [0.05, 0.1) is 22.8 Å². The van der Waals surface area contributed by atoms with E-state index in [9.17, 15) is 0 Å². The van der Waals surface area contributed by atoms with Gasteiger partial charge < -0.3 is 15.9 Å². The predicted molar refractivity (Wildman–Crippen MR) is 200 cm³/mol. The molecule has 4 N–H and O–H groups in total. The number of anilines is 1. The Morgan fingerprint density at radius 1 is 0.646 bits per heavy atom. The number of pyridine rings is 2. The Kier molecular flexibility index (Phi) is 7.27. The lowest BCUT2D eigenvalue weighted by molar-refractivity contribution is 0.673. The molecule has 0 spiro atoms. The number of hydrogen-bond acceptors (Lipinski definition) is 5. The topological polar surface area (TPSA) is 91.0 Å². The highest BCUT2D eigenvalue weighted by Crippen LogP contribution is 2.43. The average Bonchev–Trinajstić information content (AvgIpc) is 3.53. The molecule has 230 valence electrons. The molecule has 0 unspecified atom stereocenters. The van der Waals surface area contributed by atoms with E-state index in [0.717, 1.165) is 83.2 Å². The first-order chi connectivity index (χ1) is 23.6. The molecule has 0 atom stereocenters. The fourth-order valence-electron chi connectivity index (χ4n) is 6.41. The second-order valence-corrected chi connectivity index (χ2v) is 11.8. The van der Waals surface area contributed by atoms with Gasteiger partial charge in [0.2, 0.25) is 0 Å². The van der Waals surface area contributed by atoms with Crippen molar-refractivity contribution in [3.8, 4) is 44.8 Å². The third-order valence-corrected chi connectivity index (χ3v) is 8.77. The molecule has 0 saturated heterocycles. The summed E-state index contributed by atoms with van der Waals surface area (Å²) >= 11 is 0. The van der Waals surface area contributed by atoms with Crippen LogP contribution in [0.1, 0.15) is 12.6 Å². The molecule has 0 saturated carbocycles. The van der Waals surface area contributed by atoms with E-state index in [1.807, 2.05) is 67.6 Å². The minimum atomic E-state index is 0.591. The molecule has 0 aliphatic carbocycles. The van der Waals surface area contributed by atoms with Crippen LogP contribution in [-0.4, -0.2) is 9.97 Å². The quantitative estimate of drug-likeness (QED) is 0.143. The van der Waals surface area contributed by atoms with E-state index >= 15 is 0 Å². The van der Waals surface area contributed by atoms with E-state index in [2.05, 4.69) is 89.9 Å². The zero-order valence-corrected chi connectivity index (χ0v) is 26.4. The Bertz CT molecular complexity index is 2510. The smallest absolute Gasteiger partial charge is 0.143 e. The molecular formula is C43H32N4O. The predicted octanol–water partition coefficient (Wildman–Crippen LogP) is 10.7. The lowest BCUT2D eigenvalue weighted by Gasteiger charge is -2.11. The molecule has 8 aromatic rings. The van der Waals surface area contributed by atoms with Gasteiger partial charge >= 0.3 is 0 Å². The maximum atomic E-state index is 6.59. The molecular weight excluding hydrogens is 589 g/mol. The summed E-state index contributed by atoms with van der Waals surface area (Å²) in [6.07, 6.45) is 7.51. The number of benzene rings is 5. The SMILES string of the molecule is C/C=C\C=C(/N)c1cc(-c2ccc(-c3cccc4oc5c6ccccc6c(-c6ccc(N)cc6)cc5c34)cc2)cc(-c2ccccn2)n1. The van der Waals surface area contributed by atoms with Crippen LogP contribution in [0.4, 0.5) is 5.69 Å². The van der Waals surface area contributed by atoms with Crippen LogP contribution in [0.25, 0.3) is 83.2 Å². The van der Waals surface area contributed by atoms with Crippen molar-refractivity contribution in [3.63, 3.8) is 0 Å². The standard InChI is InChI=1S/C43H32N4O/c1-2-3-12-37(45)39-24-30(25-40(47-39)38-13-6-7-23-46-38)27-15-17-28(18-16-27)32-11-8-14-41-42(32)36-26-35(29-19-21-31(44)22-20-29)33-9-4-5-10-34(33)43(36)48-41/h2-26H,44-45H2,1H3/b3-2-,37-12-. The van der Waals surface area contributed by atoms with Gasteiger partial charge in [-0.3, -0.25) is 4.98 Å². The molecule has 0 amide bonds. The lowest BCUT2D eigenvalue weighted by Crippen LogP contribution is -2.01. The zero-order chi connectivity index (χ0) is 32.6. The third kappa shape index (κ3) is 5.17. The maximum absolute atomic E-state index is 6.59. The number of fused-ring (bicyclic) bond motifs is 5. The second kappa shape index (κ2) is 12.0. The third-order valence-electron chi connectivity index (χ3n) is 8.77. The second-order valence-electron chi connectivity index (χ2n) is 11.8. The minimum absolute atomic E-state index is 0.591. The molecule has 0 aliphatic heterocycles. The molecule has 0 radical (unpaired) electrons. The van der Waals surface area contributed by atoms with E-state index in [0.29, 0.717) is 11.4 Å². The first-order valence-electron chi connectivity index (χ1n) is 15.9. The van der Waals surface area contributed by atoms with Crippen molar-refractivity contribution >= 4 is 44.1 Å². The van der Waals surface area contributed by atoms with Gasteiger partial charge in [-0.25, -0.2) is 4.98 Å². The minimum Gasteiger partial charge on any atom is -0.455 e. The van der Waals surface area contributed by atoms with Gasteiger partial charge in [-0.2, -0.15) is 0 Å². The number of allylic oxidation sites excluding steroid dienone is 3. The molecule has 8 rings (SSSR count). The van der Waals surface area contributed by atoms with E-state index in [1.54, 1.807) is 6.20 Å². The van der Waals surface area contributed by atoms with Crippen LogP contribution < -0.4 is 11.5 Å². The van der Waals surface area contributed by atoms with Gasteiger partial charge in [-0.05, 0) is 100 Å². The van der Waals surface area contributed by atoms with Crippen molar-refractivity contribution < 1.29 is 4.42 Å². The van der Waals surface area contributed by atoms with Gasteiger partial charge in [0, 0.05) is 28.0 Å². The molecule has 5 heteroatoms. The van der Waals surface area contributed by atoms with E-state index in [-0.39, 0.29) is 0 Å². The molecule has 48 heavy (non-hydrogen) atoms. The summed E-state index contributed by atoms with van der Waals surface area (Å²) in [5.74, 6) is 0. The molecule has 3 heterocycles. The summed E-state index contributed by atoms with van der Waals surface area (Å²) in [6.45, 7) is 1.96. The van der Waals surface area contributed by atoms with Crippen LogP contribution in [0.3, 0.4) is 0 Å². The zero-order valence-electron chi connectivity index (χ0n) is 26.4. The lowest BCUT2D eigenvalue weighted by atomic mass is 9.93. The normalized spacial score (nSPS) is 12.1. The fraction of sp³-hybridized carbons (Fsp3) is 0.0233. The van der Waals surface area contributed by atoms with Crippen LogP contribution in [0, 0.1) is 0 Å². The highest BCUT2D eigenvalue weighted by Gasteiger charge is 2.18. The van der Waals surface area contributed by atoms with Crippen LogP contribution in [0.2, 0.25) is 0 Å². The van der Waals surface area contributed by atoms with E-state index < -0.39 is 0 Å². The summed E-state index contributed by atoms with van der Waals surface area (Å²) < 4.78 is 6.59. The highest BCUT2D eigenvalue weighted by atomic mass is 16.3. The number of nitrogens with two attached hydrogens (primary N) is 2. The average molecular weight is 621 g/mol. The summed E-state index contributed by atoms with van der Waals surface area (Å²) in [5.41, 5.74) is 24.4. The van der Waals surface area contributed by atoms with Gasteiger partial charge in [-0.1, -0.05) is 91.0 Å². The molecule has 0 bridgehead atoms. The van der Waals surface area contributed by atoms with Crippen LogP contribution >= 0.6 is 0 Å². The number of aromatic nitrogens is 2. The maximum Gasteiger partial charge on any atom is 0.143 e. The van der Waals surface area contributed by atoms with Crippen molar-refractivity contribution in [1.29, 1.82) is 0 Å². The first-order valence-corrected chi connectivity index (χ1v) is 15.9. The summed E-state index contributed by atoms with van der Waals surface area (Å²) in [5, 5.41) is 4.40. The Hall–Kier alpha value is -6.46. The van der Waals surface area contributed by atoms with Crippen molar-refractivity contribution in [2.75, 3.05) is 5.73 Å². The van der Waals surface area contributed by atoms with E-state index in [4.69, 9.17) is 20.9 Å². The number of rotatable bonds is 6. The Morgan fingerprint density at radius 2 is 1.38 bits per heavy atom. The highest BCUT2D eigenvalue weighted by molar-refractivity contribution is 6.22. The largest absolute Gasteiger partial charge is 0.455 e. The fourth-order valence-corrected chi connectivity index (χ4v) is 6.41. The van der Waals surface area contributed by atoms with Crippen molar-refractivity contribution in [2.45, 2.75) is 6.92 Å². The van der Waals surface area contributed by atoms with Crippen LogP contribution in [0.5, 0.6) is 0 Å². The Balaban J connectivity index is 1.27. The number of hydrogen-bond donors (Lipinski definition) is 2. The van der Waals surface area contributed by atoms with Crippen LogP contribution in [0.15, 0.2) is 156 Å². The number of furan rings is 1. The summed E-state index contributed by atoms with van der Waals surface area (Å²) in [7, 11) is 0.